The minimum Gasteiger partial charge on any atom is -0.395 e. The molecule has 0 saturated heterocycles. The van der Waals surface area contributed by atoms with Crippen LogP contribution >= 0.6 is 0 Å². The molecule has 0 saturated carbocycles. The second-order valence-electron chi connectivity index (χ2n) is 3.63. The van der Waals surface area contributed by atoms with Crippen molar-refractivity contribution in [2.24, 2.45) is 0 Å². The molecule has 0 aliphatic heterocycles. The van der Waals surface area contributed by atoms with Crippen molar-refractivity contribution < 1.29 is 14.6 Å². The summed E-state index contributed by atoms with van der Waals surface area (Å²) in [6.07, 6.45) is 2.02. The Balaban J connectivity index is 3.77. The first-order chi connectivity index (χ1) is 7.76. The van der Waals surface area contributed by atoms with Crippen molar-refractivity contribution in [2.75, 3.05) is 46.5 Å². The molecule has 0 aliphatic carbocycles. The Morgan fingerprint density at radius 3 is 2.75 bits per heavy atom. The molecule has 1 amide bonds. The molecule has 0 atom stereocenters. The molecule has 2 N–H and O–H groups in total. The molecule has 0 unspecified atom stereocenters. The van der Waals surface area contributed by atoms with Gasteiger partial charge < -0.3 is 20.1 Å². The number of nitrogens with one attached hydrogen (secondary N) is 1. The van der Waals surface area contributed by atoms with E-state index in [2.05, 4.69) is 12.2 Å². The van der Waals surface area contributed by atoms with E-state index in [1.807, 2.05) is 0 Å². The van der Waals surface area contributed by atoms with Gasteiger partial charge in [-0.15, -0.1) is 0 Å². The van der Waals surface area contributed by atoms with Gasteiger partial charge in [-0.3, -0.25) is 4.79 Å². The maximum Gasteiger partial charge on any atom is 0.236 e. The van der Waals surface area contributed by atoms with Crippen LogP contribution in [0.5, 0.6) is 0 Å². The number of hydrogen-bond acceptors (Lipinski definition) is 4. The molecule has 0 spiro atoms. The van der Waals surface area contributed by atoms with Gasteiger partial charge in [0.25, 0.3) is 0 Å². The summed E-state index contributed by atoms with van der Waals surface area (Å²) in [6.45, 7) is 4.83. The highest BCUT2D eigenvalue weighted by Gasteiger charge is 2.11. The SMILES string of the molecule is CCCCN(CCO)C(=O)CNCCOC. The van der Waals surface area contributed by atoms with Crippen LogP contribution in [-0.4, -0.2) is 62.4 Å². The number of amides is 1. The third kappa shape index (κ3) is 7.62. The van der Waals surface area contributed by atoms with Crippen LogP contribution in [0.3, 0.4) is 0 Å². The molecule has 0 aliphatic rings. The van der Waals surface area contributed by atoms with Crippen molar-refractivity contribution in [1.82, 2.24) is 10.2 Å². The lowest BCUT2D eigenvalue weighted by molar-refractivity contribution is -0.130. The number of aliphatic hydroxyl groups is 1. The van der Waals surface area contributed by atoms with E-state index in [1.54, 1.807) is 12.0 Å². The maximum absolute atomic E-state index is 11.7. The normalized spacial score (nSPS) is 10.4. The van der Waals surface area contributed by atoms with Crippen LogP contribution in [0.25, 0.3) is 0 Å². The molecule has 5 nitrogen and oxygen atoms in total. The molecule has 0 aromatic heterocycles. The Bertz CT molecular complexity index is 177. The summed E-state index contributed by atoms with van der Waals surface area (Å²) in [7, 11) is 1.63. The van der Waals surface area contributed by atoms with Crippen LogP contribution in [0.15, 0.2) is 0 Å². The van der Waals surface area contributed by atoms with Gasteiger partial charge in [0.1, 0.15) is 0 Å². The molecule has 0 bridgehead atoms. The van der Waals surface area contributed by atoms with Crippen LogP contribution in [0.2, 0.25) is 0 Å². The van der Waals surface area contributed by atoms with Crippen molar-refractivity contribution in [3.05, 3.63) is 0 Å². The molecule has 0 fully saturated rings. The highest BCUT2D eigenvalue weighted by Crippen LogP contribution is 1.95. The Kier molecular flexibility index (Phi) is 10.4. The minimum absolute atomic E-state index is 0.0214. The number of nitrogens with zero attached hydrogens (tertiary/aromatic N) is 1. The molecule has 96 valence electrons. The predicted octanol–water partition coefficient (Wildman–Crippen LogP) is -0.157. The molecule has 5 heteroatoms. The summed E-state index contributed by atoms with van der Waals surface area (Å²) < 4.78 is 4.87. The second-order valence-corrected chi connectivity index (χ2v) is 3.63. The van der Waals surface area contributed by atoms with Gasteiger partial charge in [-0.25, -0.2) is 0 Å². The lowest BCUT2D eigenvalue weighted by Gasteiger charge is -2.21. The Hall–Kier alpha value is -0.650. The molecule has 0 aromatic carbocycles. The van der Waals surface area contributed by atoms with Crippen molar-refractivity contribution in [2.45, 2.75) is 19.8 Å². The van der Waals surface area contributed by atoms with Crippen LogP contribution in [-0.2, 0) is 9.53 Å². The number of hydrogen-bond donors (Lipinski definition) is 2. The van der Waals surface area contributed by atoms with Gasteiger partial charge in [0.05, 0.1) is 19.8 Å². The van der Waals surface area contributed by atoms with E-state index in [1.165, 1.54) is 0 Å². The summed E-state index contributed by atoms with van der Waals surface area (Å²) >= 11 is 0. The Morgan fingerprint density at radius 1 is 1.44 bits per heavy atom. The van der Waals surface area contributed by atoms with Gasteiger partial charge in [0.15, 0.2) is 0 Å². The van der Waals surface area contributed by atoms with Crippen LogP contribution in [0.4, 0.5) is 0 Å². The van der Waals surface area contributed by atoms with Crippen molar-refractivity contribution in [3.63, 3.8) is 0 Å². The van der Waals surface area contributed by atoms with E-state index in [9.17, 15) is 4.79 Å². The Morgan fingerprint density at radius 2 is 2.19 bits per heavy atom. The third-order valence-corrected chi connectivity index (χ3v) is 2.26. The first kappa shape index (κ1) is 15.3. The lowest BCUT2D eigenvalue weighted by Crippen LogP contribution is -2.41. The average molecular weight is 232 g/mol. The van der Waals surface area contributed by atoms with Crippen LogP contribution in [0.1, 0.15) is 19.8 Å². The number of ether oxygens (including phenoxy) is 1. The fourth-order valence-corrected chi connectivity index (χ4v) is 1.31. The highest BCUT2D eigenvalue weighted by atomic mass is 16.5. The topological polar surface area (TPSA) is 61.8 Å². The van der Waals surface area contributed by atoms with E-state index in [0.717, 1.165) is 19.4 Å². The number of methoxy groups -OCH3 is 1. The molecule has 0 rings (SSSR count). The smallest absolute Gasteiger partial charge is 0.236 e. The maximum atomic E-state index is 11.7. The van der Waals surface area contributed by atoms with E-state index < -0.39 is 0 Å². The van der Waals surface area contributed by atoms with E-state index >= 15 is 0 Å². The van der Waals surface area contributed by atoms with Crippen molar-refractivity contribution >= 4 is 5.91 Å². The zero-order valence-electron chi connectivity index (χ0n) is 10.4. The van der Waals surface area contributed by atoms with Gasteiger partial charge in [-0.1, -0.05) is 13.3 Å². The largest absolute Gasteiger partial charge is 0.395 e. The van der Waals surface area contributed by atoms with Gasteiger partial charge in [-0.2, -0.15) is 0 Å². The fraction of sp³-hybridized carbons (Fsp3) is 0.909. The quantitative estimate of drug-likeness (QED) is 0.514. The minimum atomic E-state index is 0.0214. The van der Waals surface area contributed by atoms with Crippen LogP contribution in [0, 0.1) is 0 Å². The zero-order valence-corrected chi connectivity index (χ0v) is 10.4. The summed E-state index contributed by atoms with van der Waals surface area (Å²) in [4.78, 5) is 13.4. The number of rotatable bonds is 10. The lowest BCUT2D eigenvalue weighted by atomic mass is 10.3. The highest BCUT2D eigenvalue weighted by molar-refractivity contribution is 5.78. The Labute approximate surface area is 97.8 Å². The van der Waals surface area contributed by atoms with E-state index in [4.69, 9.17) is 9.84 Å². The number of unbranched alkanes of at least 4 members (excludes halogenated alkanes) is 1. The summed E-state index contributed by atoms with van der Waals surface area (Å²) in [5.41, 5.74) is 0. The summed E-state index contributed by atoms with van der Waals surface area (Å²) in [5, 5.41) is 11.9. The van der Waals surface area contributed by atoms with Crippen molar-refractivity contribution in [1.29, 1.82) is 0 Å². The number of aliphatic hydroxyl groups excluding tert-OH is 1. The average Bonchev–Trinajstić information content (AvgIpc) is 2.29. The molecule has 0 radical (unpaired) electrons. The van der Waals surface area contributed by atoms with Gasteiger partial charge in [0.2, 0.25) is 5.91 Å². The predicted molar refractivity (Wildman–Crippen MR) is 63.3 cm³/mol. The zero-order chi connectivity index (χ0) is 12.2. The van der Waals surface area contributed by atoms with Crippen molar-refractivity contribution in [3.8, 4) is 0 Å². The summed E-state index contributed by atoms with van der Waals surface area (Å²) in [5.74, 6) is 0.0404. The monoisotopic (exact) mass is 232 g/mol. The number of carbonyl (C=O) groups is 1. The molecule has 16 heavy (non-hydrogen) atoms. The first-order valence-electron chi connectivity index (χ1n) is 5.84. The summed E-state index contributed by atoms with van der Waals surface area (Å²) in [6, 6.07) is 0. The second kappa shape index (κ2) is 10.9. The van der Waals surface area contributed by atoms with Gasteiger partial charge in [0, 0.05) is 26.7 Å². The van der Waals surface area contributed by atoms with Crippen LogP contribution < -0.4 is 5.32 Å². The fourth-order valence-electron chi connectivity index (χ4n) is 1.31. The molecular formula is C11H24N2O3. The van der Waals surface area contributed by atoms with Gasteiger partial charge >= 0.3 is 0 Å². The third-order valence-electron chi connectivity index (χ3n) is 2.26. The standard InChI is InChI=1S/C11H24N2O3/c1-3-4-6-13(7-8-14)11(15)10-12-5-9-16-2/h12,14H,3-10H2,1-2H3. The molecule has 0 heterocycles. The first-order valence-corrected chi connectivity index (χ1v) is 5.84. The molecular weight excluding hydrogens is 208 g/mol. The number of carbonyl (C=O) groups excluding carboxylic acids is 1. The van der Waals surface area contributed by atoms with E-state index in [0.29, 0.717) is 26.2 Å². The molecule has 0 aromatic rings. The van der Waals surface area contributed by atoms with Gasteiger partial charge in [-0.05, 0) is 6.42 Å². The van der Waals surface area contributed by atoms with E-state index in [-0.39, 0.29) is 12.5 Å².